The molecule has 0 amide bonds. The van der Waals surface area contributed by atoms with Crippen molar-refractivity contribution in [3.8, 4) is 0 Å². The number of rotatable bonds is 1. The second kappa shape index (κ2) is 3.83. The SMILES string of the molecule is Cc1cc(C)c(C(C)C)c(C)c1Br. The van der Waals surface area contributed by atoms with Crippen LogP contribution in [0.15, 0.2) is 10.5 Å². The first kappa shape index (κ1) is 10.8. The lowest BCUT2D eigenvalue weighted by molar-refractivity contribution is 0.843. The Kier molecular flexibility index (Phi) is 3.18. The van der Waals surface area contributed by atoms with E-state index in [1.807, 2.05) is 0 Å². The van der Waals surface area contributed by atoms with Gasteiger partial charge in [-0.25, -0.2) is 0 Å². The molecule has 1 aromatic rings. The quantitative estimate of drug-likeness (QED) is 0.679. The second-order valence-corrected chi connectivity index (χ2v) is 4.81. The Morgan fingerprint density at radius 2 is 1.62 bits per heavy atom. The first-order valence-corrected chi connectivity index (χ1v) is 5.50. The van der Waals surface area contributed by atoms with Crippen molar-refractivity contribution in [3.63, 3.8) is 0 Å². The maximum absolute atomic E-state index is 3.63. The summed E-state index contributed by atoms with van der Waals surface area (Å²) >= 11 is 3.63. The minimum atomic E-state index is 0.608. The smallest absolute Gasteiger partial charge is 0.0236 e. The Hall–Kier alpha value is -0.300. The lowest BCUT2D eigenvalue weighted by atomic mass is 9.92. The highest BCUT2D eigenvalue weighted by molar-refractivity contribution is 9.10. The van der Waals surface area contributed by atoms with Gasteiger partial charge in [0.2, 0.25) is 0 Å². The summed E-state index contributed by atoms with van der Waals surface area (Å²) in [4.78, 5) is 0. The van der Waals surface area contributed by atoms with Crippen molar-refractivity contribution in [3.05, 3.63) is 32.8 Å². The van der Waals surface area contributed by atoms with E-state index in [-0.39, 0.29) is 0 Å². The summed E-state index contributed by atoms with van der Waals surface area (Å²) in [5.41, 5.74) is 5.62. The van der Waals surface area contributed by atoms with E-state index < -0.39 is 0 Å². The second-order valence-electron chi connectivity index (χ2n) is 4.02. The Bertz CT molecular complexity index is 324. The van der Waals surface area contributed by atoms with Gasteiger partial charge < -0.3 is 0 Å². The zero-order valence-electron chi connectivity index (χ0n) is 9.03. The standard InChI is InChI=1S/C12H17Br/c1-7(2)11-8(3)6-9(4)12(13)10(11)5/h6-7H,1-5H3. The molecule has 0 bridgehead atoms. The molecule has 0 aliphatic carbocycles. The van der Waals surface area contributed by atoms with Gasteiger partial charge in [0.05, 0.1) is 0 Å². The average Bonchev–Trinajstić information content (AvgIpc) is 1.99. The summed E-state index contributed by atoms with van der Waals surface area (Å²) in [6.45, 7) is 11.0. The maximum atomic E-state index is 3.63. The molecule has 72 valence electrons. The van der Waals surface area contributed by atoms with Crippen LogP contribution in [0.25, 0.3) is 0 Å². The summed E-state index contributed by atoms with van der Waals surface area (Å²) in [6.07, 6.45) is 0. The van der Waals surface area contributed by atoms with Crippen LogP contribution in [0.4, 0.5) is 0 Å². The highest BCUT2D eigenvalue weighted by Gasteiger charge is 2.11. The molecule has 0 fully saturated rings. The van der Waals surface area contributed by atoms with Gasteiger partial charge in [0.1, 0.15) is 0 Å². The predicted molar refractivity (Wildman–Crippen MR) is 62.4 cm³/mol. The van der Waals surface area contributed by atoms with Gasteiger partial charge in [-0.1, -0.05) is 35.8 Å². The highest BCUT2D eigenvalue weighted by atomic mass is 79.9. The van der Waals surface area contributed by atoms with Crippen LogP contribution in [-0.2, 0) is 0 Å². The molecule has 0 atom stereocenters. The van der Waals surface area contributed by atoms with Gasteiger partial charge in [0.25, 0.3) is 0 Å². The Balaban J connectivity index is 3.44. The molecule has 0 radical (unpaired) electrons. The van der Waals surface area contributed by atoms with Crippen LogP contribution in [0, 0.1) is 20.8 Å². The van der Waals surface area contributed by atoms with Crippen molar-refractivity contribution < 1.29 is 0 Å². The van der Waals surface area contributed by atoms with Crippen LogP contribution in [0.3, 0.4) is 0 Å². The molecule has 0 saturated heterocycles. The van der Waals surface area contributed by atoms with Crippen molar-refractivity contribution in [2.45, 2.75) is 40.5 Å². The van der Waals surface area contributed by atoms with Crippen LogP contribution < -0.4 is 0 Å². The van der Waals surface area contributed by atoms with E-state index in [4.69, 9.17) is 0 Å². The molecule has 1 rings (SSSR count). The Morgan fingerprint density at radius 1 is 1.08 bits per heavy atom. The van der Waals surface area contributed by atoms with Crippen LogP contribution >= 0.6 is 15.9 Å². The molecule has 13 heavy (non-hydrogen) atoms. The molecule has 1 aromatic carbocycles. The van der Waals surface area contributed by atoms with Gasteiger partial charge in [-0.2, -0.15) is 0 Å². The van der Waals surface area contributed by atoms with E-state index in [1.165, 1.54) is 26.7 Å². The average molecular weight is 241 g/mol. The summed E-state index contributed by atoms with van der Waals surface area (Å²) in [5.74, 6) is 0.608. The fourth-order valence-corrected chi connectivity index (χ4v) is 2.39. The fourth-order valence-electron chi connectivity index (χ4n) is 2.06. The van der Waals surface area contributed by atoms with E-state index in [9.17, 15) is 0 Å². The normalized spacial score (nSPS) is 11.0. The van der Waals surface area contributed by atoms with Gasteiger partial charge in [-0.3, -0.25) is 0 Å². The topological polar surface area (TPSA) is 0 Å². The summed E-state index contributed by atoms with van der Waals surface area (Å²) < 4.78 is 1.27. The third-order valence-corrected chi connectivity index (χ3v) is 3.73. The van der Waals surface area contributed by atoms with E-state index in [1.54, 1.807) is 0 Å². The Morgan fingerprint density at radius 3 is 2.08 bits per heavy atom. The predicted octanol–water partition coefficient (Wildman–Crippen LogP) is 4.50. The number of benzene rings is 1. The summed E-state index contributed by atoms with van der Waals surface area (Å²) in [6, 6.07) is 2.26. The molecule has 0 aliphatic heterocycles. The van der Waals surface area contributed by atoms with E-state index in [0.29, 0.717) is 5.92 Å². The molecule has 0 aromatic heterocycles. The minimum Gasteiger partial charge on any atom is -0.0587 e. The van der Waals surface area contributed by atoms with E-state index >= 15 is 0 Å². The van der Waals surface area contributed by atoms with Crippen LogP contribution in [0.5, 0.6) is 0 Å². The zero-order chi connectivity index (χ0) is 10.2. The molecule has 0 unspecified atom stereocenters. The van der Waals surface area contributed by atoms with Crippen LogP contribution in [0.2, 0.25) is 0 Å². The fraction of sp³-hybridized carbons (Fsp3) is 0.500. The molecular weight excluding hydrogens is 224 g/mol. The molecule has 0 aliphatic rings. The van der Waals surface area contributed by atoms with Gasteiger partial charge in [0, 0.05) is 4.47 Å². The number of halogens is 1. The molecule has 0 heterocycles. The van der Waals surface area contributed by atoms with Gasteiger partial charge in [-0.05, 0) is 48.9 Å². The van der Waals surface area contributed by atoms with Crippen molar-refractivity contribution >= 4 is 15.9 Å². The van der Waals surface area contributed by atoms with Gasteiger partial charge >= 0.3 is 0 Å². The summed E-state index contributed by atoms with van der Waals surface area (Å²) in [5, 5.41) is 0. The molecule has 0 spiro atoms. The largest absolute Gasteiger partial charge is 0.0587 e. The summed E-state index contributed by atoms with van der Waals surface area (Å²) in [7, 11) is 0. The molecule has 1 heteroatoms. The van der Waals surface area contributed by atoms with Crippen LogP contribution in [0.1, 0.15) is 42.0 Å². The van der Waals surface area contributed by atoms with Gasteiger partial charge in [0.15, 0.2) is 0 Å². The maximum Gasteiger partial charge on any atom is 0.0236 e. The first-order chi connectivity index (χ1) is 5.95. The minimum absolute atomic E-state index is 0.608. The van der Waals surface area contributed by atoms with Gasteiger partial charge in [-0.15, -0.1) is 0 Å². The zero-order valence-corrected chi connectivity index (χ0v) is 10.6. The van der Waals surface area contributed by atoms with Crippen molar-refractivity contribution in [1.29, 1.82) is 0 Å². The number of hydrogen-bond donors (Lipinski definition) is 0. The third-order valence-electron chi connectivity index (χ3n) is 2.51. The first-order valence-electron chi connectivity index (χ1n) is 4.71. The third kappa shape index (κ3) is 1.96. The molecule has 0 saturated carbocycles. The Labute approximate surface area is 89.5 Å². The van der Waals surface area contributed by atoms with Crippen molar-refractivity contribution in [2.24, 2.45) is 0 Å². The van der Waals surface area contributed by atoms with E-state index in [2.05, 4.69) is 56.6 Å². The highest BCUT2D eigenvalue weighted by Crippen LogP contribution is 2.31. The van der Waals surface area contributed by atoms with Crippen LogP contribution in [-0.4, -0.2) is 0 Å². The lowest BCUT2D eigenvalue weighted by Gasteiger charge is -2.16. The van der Waals surface area contributed by atoms with E-state index in [0.717, 1.165) is 0 Å². The lowest BCUT2D eigenvalue weighted by Crippen LogP contribution is -1.98. The number of aryl methyl sites for hydroxylation is 2. The van der Waals surface area contributed by atoms with Crippen molar-refractivity contribution in [2.75, 3.05) is 0 Å². The molecular formula is C12H17Br. The van der Waals surface area contributed by atoms with Crippen molar-refractivity contribution in [1.82, 2.24) is 0 Å². The number of hydrogen-bond acceptors (Lipinski definition) is 0. The molecule has 0 N–H and O–H groups in total. The monoisotopic (exact) mass is 240 g/mol. The molecule has 0 nitrogen and oxygen atoms in total.